The molecule has 1 heterocycles. The third-order valence-electron chi connectivity index (χ3n) is 5.35. The van der Waals surface area contributed by atoms with E-state index >= 15 is 0 Å². The molecule has 5 heteroatoms. The molecular formula is C24H30N2O3. The van der Waals surface area contributed by atoms with Gasteiger partial charge in [0.1, 0.15) is 5.75 Å². The normalized spacial score (nSPS) is 14.7. The van der Waals surface area contributed by atoms with Gasteiger partial charge in [0.25, 0.3) is 5.91 Å². The second kappa shape index (κ2) is 10.1. The predicted molar refractivity (Wildman–Crippen MR) is 114 cm³/mol. The van der Waals surface area contributed by atoms with Gasteiger partial charge in [0.15, 0.2) is 0 Å². The summed E-state index contributed by atoms with van der Waals surface area (Å²) in [5, 5.41) is 3.11. The highest BCUT2D eigenvalue weighted by molar-refractivity contribution is 5.94. The summed E-state index contributed by atoms with van der Waals surface area (Å²) in [6.45, 7) is 5.99. The van der Waals surface area contributed by atoms with Crippen molar-refractivity contribution in [3.05, 3.63) is 65.7 Å². The smallest absolute Gasteiger partial charge is 0.251 e. The van der Waals surface area contributed by atoms with E-state index < -0.39 is 0 Å². The maximum absolute atomic E-state index is 12.5. The highest BCUT2D eigenvalue weighted by atomic mass is 16.5. The number of piperidine rings is 1. The molecule has 0 aliphatic carbocycles. The van der Waals surface area contributed by atoms with E-state index in [0.717, 1.165) is 18.6 Å². The van der Waals surface area contributed by atoms with E-state index in [2.05, 4.69) is 19.2 Å². The van der Waals surface area contributed by atoms with Crippen LogP contribution in [-0.2, 0) is 4.79 Å². The fraction of sp³-hybridized carbons (Fsp3) is 0.417. The van der Waals surface area contributed by atoms with Crippen molar-refractivity contribution in [1.29, 1.82) is 0 Å². The van der Waals surface area contributed by atoms with Gasteiger partial charge in [-0.2, -0.15) is 0 Å². The Bertz CT molecular complexity index is 795. The van der Waals surface area contributed by atoms with Gasteiger partial charge in [0.2, 0.25) is 5.91 Å². The van der Waals surface area contributed by atoms with Gasteiger partial charge in [-0.1, -0.05) is 44.2 Å². The predicted octanol–water partition coefficient (Wildman–Crippen LogP) is 4.00. The Morgan fingerprint density at radius 3 is 2.31 bits per heavy atom. The van der Waals surface area contributed by atoms with Crippen molar-refractivity contribution < 1.29 is 14.3 Å². The maximum atomic E-state index is 12.5. The fourth-order valence-electron chi connectivity index (χ4n) is 3.49. The topological polar surface area (TPSA) is 58.6 Å². The third-order valence-corrected chi connectivity index (χ3v) is 5.35. The molecule has 0 bridgehead atoms. The molecule has 0 spiro atoms. The first-order valence-electron chi connectivity index (χ1n) is 10.4. The Labute approximate surface area is 173 Å². The van der Waals surface area contributed by atoms with E-state index in [0.29, 0.717) is 37.6 Å². The maximum Gasteiger partial charge on any atom is 0.251 e. The Morgan fingerprint density at radius 1 is 1.03 bits per heavy atom. The summed E-state index contributed by atoms with van der Waals surface area (Å²) in [6.07, 6.45) is 1.93. The van der Waals surface area contributed by atoms with Crippen LogP contribution >= 0.6 is 0 Å². The lowest BCUT2D eigenvalue weighted by molar-refractivity contribution is -0.132. The Morgan fingerprint density at radius 2 is 1.69 bits per heavy atom. The number of carbonyl (C=O) groups is 2. The average molecular weight is 395 g/mol. The lowest BCUT2D eigenvalue weighted by Gasteiger charge is -2.32. The van der Waals surface area contributed by atoms with Crippen LogP contribution in [0.5, 0.6) is 5.75 Å². The second-order valence-electron chi connectivity index (χ2n) is 7.82. The van der Waals surface area contributed by atoms with E-state index in [1.165, 1.54) is 5.56 Å². The summed E-state index contributed by atoms with van der Waals surface area (Å²) < 4.78 is 5.61. The van der Waals surface area contributed by atoms with Crippen molar-refractivity contribution in [2.24, 2.45) is 0 Å². The first kappa shape index (κ1) is 20.9. The Balaban J connectivity index is 1.39. The Hall–Kier alpha value is -2.82. The summed E-state index contributed by atoms with van der Waals surface area (Å²) in [5.41, 5.74) is 1.91. The molecule has 0 atom stereocenters. The lowest BCUT2D eigenvalue weighted by Crippen LogP contribution is -2.46. The van der Waals surface area contributed by atoms with E-state index in [1.807, 2.05) is 59.5 Å². The monoisotopic (exact) mass is 394 g/mol. The standard InChI is InChI=1S/C24H30N2O3/c1-18(2)19-8-10-20(11-9-19)24(28)25-21-12-15-26(16-13-21)23(27)14-17-29-22-6-4-3-5-7-22/h3-11,18,21H,12-17H2,1-2H3,(H,25,28). The number of benzene rings is 2. The molecule has 0 unspecified atom stereocenters. The number of para-hydroxylation sites is 1. The number of nitrogens with zero attached hydrogens (tertiary/aromatic N) is 1. The molecule has 0 saturated carbocycles. The molecule has 2 aromatic carbocycles. The molecule has 1 fully saturated rings. The van der Waals surface area contributed by atoms with Gasteiger partial charge in [-0.05, 0) is 48.6 Å². The molecule has 1 aliphatic heterocycles. The van der Waals surface area contributed by atoms with Crippen molar-refractivity contribution in [2.45, 2.75) is 45.1 Å². The summed E-state index contributed by atoms with van der Waals surface area (Å²) >= 11 is 0. The van der Waals surface area contributed by atoms with Crippen LogP contribution in [0, 0.1) is 0 Å². The van der Waals surface area contributed by atoms with Crippen LogP contribution in [0.2, 0.25) is 0 Å². The number of ether oxygens (including phenoxy) is 1. The number of nitrogens with one attached hydrogen (secondary N) is 1. The molecule has 1 aliphatic rings. The minimum absolute atomic E-state index is 0.0404. The molecule has 1 saturated heterocycles. The first-order valence-corrected chi connectivity index (χ1v) is 10.4. The molecule has 2 amide bonds. The van der Waals surface area contributed by atoms with Crippen LogP contribution in [-0.4, -0.2) is 42.5 Å². The fourth-order valence-corrected chi connectivity index (χ4v) is 3.49. The van der Waals surface area contributed by atoms with Crippen LogP contribution in [0.3, 0.4) is 0 Å². The van der Waals surface area contributed by atoms with Crippen molar-refractivity contribution in [3.8, 4) is 5.75 Å². The summed E-state index contributed by atoms with van der Waals surface area (Å²) in [5.74, 6) is 1.30. The highest BCUT2D eigenvalue weighted by Gasteiger charge is 2.24. The largest absolute Gasteiger partial charge is 0.493 e. The quantitative estimate of drug-likeness (QED) is 0.772. The van der Waals surface area contributed by atoms with Crippen LogP contribution in [0.1, 0.15) is 54.9 Å². The van der Waals surface area contributed by atoms with Gasteiger partial charge in [-0.25, -0.2) is 0 Å². The van der Waals surface area contributed by atoms with Gasteiger partial charge < -0.3 is 15.0 Å². The number of likely N-dealkylation sites (tertiary alicyclic amines) is 1. The minimum Gasteiger partial charge on any atom is -0.493 e. The van der Waals surface area contributed by atoms with Gasteiger partial charge in [0, 0.05) is 24.7 Å². The lowest BCUT2D eigenvalue weighted by atomic mass is 10.0. The zero-order valence-corrected chi connectivity index (χ0v) is 17.3. The molecule has 29 heavy (non-hydrogen) atoms. The first-order chi connectivity index (χ1) is 14.0. The van der Waals surface area contributed by atoms with E-state index in [4.69, 9.17) is 4.74 Å². The summed E-state index contributed by atoms with van der Waals surface area (Å²) in [7, 11) is 0. The molecule has 154 valence electrons. The third kappa shape index (κ3) is 6.08. The number of carbonyl (C=O) groups excluding carboxylic acids is 2. The van der Waals surface area contributed by atoms with E-state index in [-0.39, 0.29) is 17.9 Å². The average Bonchev–Trinajstić information content (AvgIpc) is 2.75. The van der Waals surface area contributed by atoms with Crippen molar-refractivity contribution >= 4 is 11.8 Å². The molecule has 0 radical (unpaired) electrons. The second-order valence-corrected chi connectivity index (χ2v) is 7.82. The van der Waals surface area contributed by atoms with E-state index in [1.54, 1.807) is 0 Å². The van der Waals surface area contributed by atoms with Crippen molar-refractivity contribution in [3.63, 3.8) is 0 Å². The van der Waals surface area contributed by atoms with Crippen LogP contribution in [0.25, 0.3) is 0 Å². The molecular weight excluding hydrogens is 364 g/mol. The zero-order chi connectivity index (χ0) is 20.6. The van der Waals surface area contributed by atoms with Gasteiger partial charge >= 0.3 is 0 Å². The van der Waals surface area contributed by atoms with Gasteiger partial charge in [-0.15, -0.1) is 0 Å². The zero-order valence-electron chi connectivity index (χ0n) is 17.3. The number of amides is 2. The number of hydrogen-bond acceptors (Lipinski definition) is 3. The minimum atomic E-state index is -0.0404. The van der Waals surface area contributed by atoms with Crippen LogP contribution in [0.15, 0.2) is 54.6 Å². The van der Waals surface area contributed by atoms with Crippen LogP contribution in [0.4, 0.5) is 0 Å². The summed E-state index contributed by atoms with van der Waals surface area (Å²) in [4.78, 5) is 26.7. The molecule has 1 N–H and O–H groups in total. The summed E-state index contributed by atoms with van der Waals surface area (Å²) in [6, 6.07) is 17.4. The molecule has 0 aromatic heterocycles. The molecule has 3 rings (SSSR count). The van der Waals surface area contributed by atoms with Crippen molar-refractivity contribution in [2.75, 3.05) is 19.7 Å². The molecule has 5 nitrogen and oxygen atoms in total. The Kier molecular flexibility index (Phi) is 7.28. The van der Waals surface area contributed by atoms with Crippen LogP contribution < -0.4 is 10.1 Å². The van der Waals surface area contributed by atoms with Crippen molar-refractivity contribution in [1.82, 2.24) is 10.2 Å². The molecule has 2 aromatic rings. The SMILES string of the molecule is CC(C)c1ccc(C(=O)NC2CCN(C(=O)CCOc3ccccc3)CC2)cc1. The number of rotatable bonds is 7. The highest BCUT2D eigenvalue weighted by Crippen LogP contribution is 2.16. The van der Waals surface area contributed by atoms with Gasteiger partial charge in [-0.3, -0.25) is 9.59 Å². The number of hydrogen-bond donors (Lipinski definition) is 1. The van der Waals surface area contributed by atoms with E-state index in [9.17, 15) is 9.59 Å². The van der Waals surface area contributed by atoms with Gasteiger partial charge in [0.05, 0.1) is 13.0 Å².